The number of rotatable bonds is 6. The van der Waals surface area contributed by atoms with Gasteiger partial charge in [-0.2, -0.15) is 5.10 Å². The molecular weight excluding hydrogens is 264 g/mol. The van der Waals surface area contributed by atoms with Gasteiger partial charge in [-0.25, -0.2) is 0 Å². The fourth-order valence-corrected chi connectivity index (χ4v) is 2.68. The van der Waals surface area contributed by atoms with Crippen LogP contribution in [-0.4, -0.2) is 33.2 Å². The van der Waals surface area contributed by atoms with Crippen molar-refractivity contribution in [1.82, 2.24) is 9.78 Å². The average Bonchev–Trinajstić information content (AvgIpc) is 2.85. The molecule has 0 aliphatic carbocycles. The lowest BCUT2D eigenvalue weighted by molar-refractivity contribution is 0.114. The highest BCUT2D eigenvalue weighted by Crippen LogP contribution is 2.29. The molecular formula is C17H24N2O2. The first kappa shape index (κ1) is 15.7. The number of aliphatic hydroxyl groups is 2. The Labute approximate surface area is 126 Å². The molecule has 2 aromatic rings. The van der Waals surface area contributed by atoms with Gasteiger partial charge >= 0.3 is 0 Å². The molecule has 0 unspecified atom stereocenters. The summed E-state index contributed by atoms with van der Waals surface area (Å²) in [7, 11) is 1.91. The summed E-state index contributed by atoms with van der Waals surface area (Å²) >= 11 is 0. The minimum Gasteiger partial charge on any atom is -0.395 e. The SMILES string of the molecule is CCc1cc(CC(CO)(CO)c2cccc(C)c2)n(C)n1. The number of aliphatic hydroxyl groups excluding tert-OH is 2. The largest absolute Gasteiger partial charge is 0.395 e. The van der Waals surface area contributed by atoms with Gasteiger partial charge in [-0.05, 0) is 25.0 Å². The Hall–Kier alpha value is -1.65. The van der Waals surface area contributed by atoms with Crippen molar-refractivity contribution in [3.8, 4) is 0 Å². The number of nitrogens with zero attached hydrogens (tertiary/aromatic N) is 2. The first-order valence-corrected chi connectivity index (χ1v) is 7.35. The number of aryl methyl sites for hydroxylation is 3. The lowest BCUT2D eigenvalue weighted by atomic mass is 9.77. The Balaban J connectivity index is 2.40. The third-order valence-corrected chi connectivity index (χ3v) is 4.14. The molecule has 0 fully saturated rings. The van der Waals surface area contributed by atoms with Crippen LogP contribution < -0.4 is 0 Å². The summed E-state index contributed by atoms with van der Waals surface area (Å²) in [6.45, 7) is 3.89. The van der Waals surface area contributed by atoms with E-state index < -0.39 is 5.41 Å². The van der Waals surface area contributed by atoms with Gasteiger partial charge in [-0.3, -0.25) is 4.68 Å². The molecule has 0 atom stereocenters. The molecule has 1 aromatic heterocycles. The quantitative estimate of drug-likeness (QED) is 0.851. The van der Waals surface area contributed by atoms with Crippen molar-refractivity contribution in [3.05, 3.63) is 52.8 Å². The molecule has 21 heavy (non-hydrogen) atoms. The maximum Gasteiger partial charge on any atom is 0.0624 e. The minimum absolute atomic E-state index is 0.0976. The summed E-state index contributed by atoms with van der Waals surface area (Å²) in [6.07, 6.45) is 1.44. The van der Waals surface area contributed by atoms with Gasteiger partial charge in [-0.1, -0.05) is 36.8 Å². The zero-order valence-electron chi connectivity index (χ0n) is 13.0. The van der Waals surface area contributed by atoms with Crippen molar-refractivity contribution in [2.75, 3.05) is 13.2 Å². The maximum absolute atomic E-state index is 9.95. The number of aromatic nitrogens is 2. The zero-order valence-corrected chi connectivity index (χ0v) is 13.0. The molecule has 2 N–H and O–H groups in total. The van der Waals surface area contributed by atoms with E-state index in [1.165, 1.54) is 0 Å². The van der Waals surface area contributed by atoms with Crippen LogP contribution in [0.15, 0.2) is 30.3 Å². The van der Waals surface area contributed by atoms with E-state index >= 15 is 0 Å². The third-order valence-electron chi connectivity index (χ3n) is 4.14. The van der Waals surface area contributed by atoms with Crippen molar-refractivity contribution in [3.63, 3.8) is 0 Å². The summed E-state index contributed by atoms with van der Waals surface area (Å²) in [5, 5.41) is 24.3. The molecule has 0 saturated heterocycles. The molecule has 114 valence electrons. The van der Waals surface area contributed by atoms with Gasteiger partial charge in [0.2, 0.25) is 0 Å². The molecule has 0 spiro atoms. The third kappa shape index (κ3) is 3.17. The molecule has 0 aliphatic rings. The van der Waals surface area contributed by atoms with Gasteiger partial charge in [0, 0.05) is 24.6 Å². The summed E-state index contributed by atoms with van der Waals surface area (Å²) in [4.78, 5) is 0. The van der Waals surface area contributed by atoms with E-state index in [-0.39, 0.29) is 13.2 Å². The Bertz CT molecular complexity index is 601. The summed E-state index contributed by atoms with van der Waals surface area (Å²) in [5.41, 5.74) is 3.47. The monoisotopic (exact) mass is 288 g/mol. The highest BCUT2D eigenvalue weighted by atomic mass is 16.3. The van der Waals surface area contributed by atoms with Crippen LogP contribution in [0.1, 0.15) is 29.4 Å². The Morgan fingerprint density at radius 3 is 2.43 bits per heavy atom. The van der Waals surface area contributed by atoms with Crippen molar-refractivity contribution < 1.29 is 10.2 Å². The lowest BCUT2D eigenvalue weighted by Gasteiger charge is -2.30. The van der Waals surface area contributed by atoms with Crippen LogP contribution in [0.5, 0.6) is 0 Å². The van der Waals surface area contributed by atoms with Gasteiger partial charge in [0.05, 0.1) is 18.9 Å². The fourth-order valence-electron chi connectivity index (χ4n) is 2.68. The maximum atomic E-state index is 9.95. The Morgan fingerprint density at radius 2 is 1.90 bits per heavy atom. The van der Waals surface area contributed by atoms with Crippen LogP contribution in [0.2, 0.25) is 0 Å². The molecule has 4 nitrogen and oxygen atoms in total. The van der Waals surface area contributed by atoms with Crippen molar-refractivity contribution in [2.45, 2.75) is 32.1 Å². The van der Waals surface area contributed by atoms with Crippen LogP contribution >= 0.6 is 0 Å². The molecule has 1 aromatic carbocycles. The van der Waals surface area contributed by atoms with Crippen molar-refractivity contribution in [1.29, 1.82) is 0 Å². The number of hydrogen-bond acceptors (Lipinski definition) is 3. The average molecular weight is 288 g/mol. The predicted molar refractivity (Wildman–Crippen MR) is 83.3 cm³/mol. The van der Waals surface area contributed by atoms with Gasteiger partial charge in [0.15, 0.2) is 0 Å². The molecule has 0 amide bonds. The topological polar surface area (TPSA) is 58.3 Å². The van der Waals surface area contributed by atoms with Gasteiger partial charge in [-0.15, -0.1) is 0 Å². The van der Waals surface area contributed by atoms with E-state index in [1.54, 1.807) is 0 Å². The van der Waals surface area contributed by atoms with Gasteiger partial charge in [0.25, 0.3) is 0 Å². The normalized spacial score (nSPS) is 11.9. The highest BCUT2D eigenvalue weighted by molar-refractivity contribution is 5.32. The smallest absolute Gasteiger partial charge is 0.0624 e. The molecule has 0 saturated carbocycles. The predicted octanol–water partition coefficient (Wildman–Crippen LogP) is 1.76. The number of benzene rings is 1. The van der Waals surface area contributed by atoms with Crippen LogP contribution in [-0.2, 0) is 25.3 Å². The fraction of sp³-hybridized carbons (Fsp3) is 0.471. The minimum atomic E-state index is -0.676. The van der Waals surface area contributed by atoms with Crippen LogP contribution in [0.4, 0.5) is 0 Å². The van der Waals surface area contributed by atoms with Crippen molar-refractivity contribution >= 4 is 0 Å². The summed E-state index contributed by atoms with van der Waals surface area (Å²) in [6, 6.07) is 10.0. The second-order valence-electron chi connectivity index (χ2n) is 5.75. The Kier molecular flexibility index (Phi) is 4.80. The van der Waals surface area contributed by atoms with Gasteiger partial charge < -0.3 is 10.2 Å². The van der Waals surface area contributed by atoms with Crippen molar-refractivity contribution in [2.24, 2.45) is 7.05 Å². The van der Waals surface area contributed by atoms with E-state index in [9.17, 15) is 10.2 Å². The van der Waals surface area contributed by atoms with Crippen LogP contribution in [0.3, 0.4) is 0 Å². The second-order valence-corrected chi connectivity index (χ2v) is 5.75. The standard InChI is InChI=1S/C17H24N2O2/c1-4-15-9-16(19(3)18-15)10-17(11-20,12-21)14-7-5-6-13(2)8-14/h5-9,20-21H,4,10-12H2,1-3H3. The van der Waals surface area contributed by atoms with Gasteiger partial charge in [0.1, 0.15) is 0 Å². The molecule has 0 aliphatic heterocycles. The molecule has 2 rings (SSSR count). The van der Waals surface area contributed by atoms with E-state index in [0.717, 1.165) is 28.9 Å². The van der Waals surface area contributed by atoms with E-state index in [4.69, 9.17) is 0 Å². The van der Waals surface area contributed by atoms with E-state index in [0.29, 0.717) is 6.42 Å². The molecule has 4 heteroatoms. The second kappa shape index (κ2) is 6.41. The molecule has 1 heterocycles. The Morgan fingerprint density at radius 1 is 1.19 bits per heavy atom. The summed E-state index contributed by atoms with van der Waals surface area (Å²) < 4.78 is 1.84. The van der Waals surface area contributed by atoms with E-state index in [1.807, 2.05) is 42.9 Å². The first-order valence-electron chi connectivity index (χ1n) is 7.35. The van der Waals surface area contributed by atoms with Crippen LogP contribution in [0, 0.1) is 6.92 Å². The molecule has 0 bridgehead atoms. The zero-order chi connectivity index (χ0) is 15.5. The lowest BCUT2D eigenvalue weighted by Crippen LogP contribution is -2.38. The first-order chi connectivity index (χ1) is 10.0. The molecule has 0 radical (unpaired) electrons. The number of hydrogen-bond donors (Lipinski definition) is 2. The highest BCUT2D eigenvalue weighted by Gasteiger charge is 2.32. The van der Waals surface area contributed by atoms with Crippen LogP contribution in [0.25, 0.3) is 0 Å². The summed E-state index contributed by atoms with van der Waals surface area (Å²) in [5.74, 6) is 0. The van der Waals surface area contributed by atoms with E-state index in [2.05, 4.69) is 18.1 Å².